The van der Waals surface area contributed by atoms with Crippen molar-refractivity contribution in [2.24, 2.45) is 0 Å². The molecule has 1 N–H and O–H groups in total. The van der Waals surface area contributed by atoms with Crippen LogP contribution in [0.3, 0.4) is 0 Å². The van der Waals surface area contributed by atoms with Crippen LogP contribution in [0.25, 0.3) is 0 Å². The normalized spacial score (nSPS) is 18.0. The van der Waals surface area contributed by atoms with Crippen LogP contribution in [-0.4, -0.2) is 24.0 Å². The van der Waals surface area contributed by atoms with Crippen LogP contribution in [0.1, 0.15) is 28.7 Å². The number of rotatable bonds is 5. The van der Waals surface area contributed by atoms with E-state index in [2.05, 4.69) is 72.6 Å². The molecule has 1 atom stereocenters. The predicted molar refractivity (Wildman–Crippen MR) is 92.9 cm³/mol. The Morgan fingerprint density at radius 2 is 1.36 bits per heavy atom. The van der Waals surface area contributed by atoms with Crippen LogP contribution >= 0.6 is 0 Å². The van der Waals surface area contributed by atoms with Gasteiger partial charge < -0.3 is 5.32 Å². The SMILES string of the molecule is Cc1ccc(CN(Cc2ccc(C)cc2)[C@@H]2CCNC2)cc1. The molecule has 0 bridgehead atoms. The third-order valence-corrected chi connectivity index (χ3v) is 4.56. The molecule has 1 fully saturated rings. The van der Waals surface area contributed by atoms with Gasteiger partial charge in [-0.3, -0.25) is 4.90 Å². The Kier molecular flexibility index (Phi) is 4.91. The summed E-state index contributed by atoms with van der Waals surface area (Å²) in [5.74, 6) is 0. The van der Waals surface area contributed by atoms with Crippen molar-refractivity contribution in [1.82, 2.24) is 10.2 Å². The smallest absolute Gasteiger partial charge is 0.0240 e. The Bertz CT molecular complexity index is 533. The van der Waals surface area contributed by atoms with E-state index in [1.54, 1.807) is 0 Å². The van der Waals surface area contributed by atoms with Gasteiger partial charge in [-0.1, -0.05) is 59.7 Å². The number of nitrogens with one attached hydrogen (secondary N) is 1. The molecule has 2 nitrogen and oxygen atoms in total. The predicted octanol–water partition coefficient (Wildman–Crippen LogP) is 3.67. The van der Waals surface area contributed by atoms with E-state index in [-0.39, 0.29) is 0 Å². The monoisotopic (exact) mass is 294 g/mol. The molecular formula is C20H26N2. The third-order valence-electron chi connectivity index (χ3n) is 4.56. The molecule has 2 heteroatoms. The van der Waals surface area contributed by atoms with Crippen molar-refractivity contribution in [2.75, 3.05) is 13.1 Å². The lowest BCUT2D eigenvalue weighted by atomic mass is 10.1. The summed E-state index contributed by atoms with van der Waals surface area (Å²) in [7, 11) is 0. The van der Waals surface area contributed by atoms with Gasteiger partial charge in [-0.05, 0) is 37.9 Å². The van der Waals surface area contributed by atoms with Crippen LogP contribution in [0, 0.1) is 13.8 Å². The van der Waals surface area contributed by atoms with Gasteiger partial charge in [-0.2, -0.15) is 0 Å². The molecule has 1 aliphatic heterocycles. The second kappa shape index (κ2) is 7.08. The van der Waals surface area contributed by atoms with Crippen LogP contribution in [0.2, 0.25) is 0 Å². The zero-order chi connectivity index (χ0) is 15.4. The van der Waals surface area contributed by atoms with Crippen molar-refractivity contribution in [1.29, 1.82) is 0 Å². The second-order valence-corrected chi connectivity index (χ2v) is 6.52. The number of hydrogen-bond donors (Lipinski definition) is 1. The summed E-state index contributed by atoms with van der Waals surface area (Å²) in [4.78, 5) is 2.62. The van der Waals surface area contributed by atoms with Crippen LogP contribution in [0.4, 0.5) is 0 Å². The minimum Gasteiger partial charge on any atom is -0.315 e. The first-order valence-electron chi connectivity index (χ1n) is 8.26. The highest BCUT2D eigenvalue weighted by Gasteiger charge is 2.22. The molecule has 0 radical (unpaired) electrons. The summed E-state index contributed by atoms with van der Waals surface area (Å²) in [6.45, 7) is 8.60. The Balaban J connectivity index is 1.74. The average molecular weight is 294 g/mol. The first-order valence-corrected chi connectivity index (χ1v) is 8.26. The first kappa shape index (κ1) is 15.3. The number of aryl methyl sites for hydroxylation is 2. The Morgan fingerprint density at radius 1 is 0.864 bits per heavy atom. The standard InChI is InChI=1S/C20H26N2/c1-16-3-7-18(8-4-16)14-22(20-11-12-21-13-20)15-19-9-5-17(2)6-10-19/h3-10,20-21H,11-15H2,1-2H3/t20-/m1/s1. The molecule has 3 rings (SSSR count). The molecule has 1 aliphatic rings. The minimum absolute atomic E-state index is 0.641. The van der Waals surface area contributed by atoms with Gasteiger partial charge in [0.1, 0.15) is 0 Å². The van der Waals surface area contributed by atoms with Gasteiger partial charge in [0.05, 0.1) is 0 Å². The summed E-state index contributed by atoms with van der Waals surface area (Å²) in [5, 5.41) is 3.50. The highest BCUT2D eigenvalue weighted by Crippen LogP contribution is 2.18. The topological polar surface area (TPSA) is 15.3 Å². The minimum atomic E-state index is 0.641. The van der Waals surface area contributed by atoms with Gasteiger partial charge in [-0.25, -0.2) is 0 Å². The lowest BCUT2D eigenvalue weighted by Gasteiger charge is -2.28. The molecule has 2 aromatic rings. The van der Waals surface area contributed by atoms with Gasteiger partial charge in [0.25, 0.3) is 0 Å². The highest BCUT2D eigenvalue weighted by atomic mass is 15.2. The van der Waals surface area contributed by atoms with E-state index in [4.69, 9.17) is 0 Å². The van der Waals surface area contributed by atoms with Gasteiger partial charge in [0.15, 0.2) is 0 Å². The summed E-state index contributed by atoms with van der Waals surface area (Å²) in [5.41, 5.74) is 5.47. The quantitative estimate of drug-likeness (QED) is 0.905. The van der Waals surface area contributed by atoms with E-state index in [0.717, 1.165) is 26.2 Å². The van der Waals surface area contributed by atoms with Crippen molar-refractivity contribution in [3.8, 4) is 0 Å². The van der Waals surface area contributed by atoms with Crippen molar-refractivity contribution < 1.29 is 0 Å². The van der Waals surface area contributed by atoms with Crippen LogP contribution in [-0.2, 0) is 13.1 Å². The van der Waals surface area contributed by atoms with Crippen molar-refractivity contribution in [3.05, 3.63) is 70.8 Å². The fourth-order valence-electron chi connectivity index (χ4n) is 3.12. The van der Waals surface area contributed by atoms with Crippen LogP contribution in [0.15, 0.2) is 48.5 Å². The van der Waals surface area contributed by atoms with Crippen molar-refractivity contribution in [3.63, 3.8) is 0 Å². The lowest BCUT2D eigenvalue weighted by molar-refractivity contribution is 0.190. The maximum atomic E-state index is 3.50. The summed E-state index contributed by atoms with van der Waals surface area (Å²) >= 11 is 0. The summed E-state index contributed by atoms with van der Waals surface area (Å²) in [6.07, 6.45) is 1.25. The Labute approximate surface area is 134 Å². The molecule has 0 unspecified atom stereocenters. The van der Waals surface area contributed by atoms with Crippen LogP contribution < -0.4 is 5.32 Å². The third kappa shape index (κ3) is 3.96. The molecule has 2 aromatic carbocycles. The van der Waals surface area contributed by atoms with E-state index < -0.39 is 0 Å². The zero-order valence-corrected chi connectivity index (χ0v) is 13.7. The largest absolute Gasteiger partial charge is 0.315 e. The number of benzene rings is 2. The van der Waals surface area contributed by atoms with Gasteiger partial charge in [-0.15, -0.1) is 0 Å². The van der Waals surface area contributed by atoms with E-state index in [9.17, 15) is 0 Å². The van der Waals surface area contributed by atoms with Crippen molar-refractivity contribution in [2.45, 2.75) is 39.4 Å². The molecule has 1 saturated heterocycles. The molecule has 0 saturated carbocycles. The maximum absolute atomic E-state index is 3.50. The van der Waals surface area contributed by atoms with E-state index in [1.165, 1.54) is 28.7 Å². The fraction of sp³-hybridized carbons (Fsp3) is 0.400. The summed E-state index contributed by atoms with van der Waals surface area (Å²) in [6, 6.07) is 18.6. The van der Waals surface area contributed by atoms with Gasteiger partial charge in [0.2, 0.25) is 0 Å². The van der Waals surface area contributed by atoms with Gasteiger partial charge >= 0.3 is 0 Å². The lowest BCUT2D eigenvalue weighted by Crippen LogP contribution is -2.35. The fourth-order valence-corrected chi connectivity index (χ4v) is 3.12. The highest BCUT2D eigenvalue weighted by molar-refractivity contribution is 5.23. The number of nitrogens with zero attached hydrogens (tertiary/aromatic N) is 1. The van der Waals surface area contributed by atoms with Crippen LogP contribution in [0.5, 0.6) is 0 Å². The van der Waals surface area contributed by atoms with E-state index in [1.807, 2.05) is 0 Å². The Hall–Kier alpha value is -1.64. The first-order chi connectivity index (χ1) is 10.7. The molecule has 0 amide bonds. The maximum Gasteiger partial charge on any atom is 0.0240 e. The molecular weight excluding hydrogens is 268 g/mol. The molecule has 22 heavy (non-hydrogen) atoms. The molecule has 0 aromatic heterocycles. The van der Waals surface area contributed by atoms with Gasteiger partial charge in [0, 0.05) is 25.7 Å². The summed E-state index contributed by atoms with van der Waals surface area (Å²) < 4.78 is 0. The van der Waals surface area contributed by atoms with E-state index >= 15 is 0 Å². The second-order valence-electron chi connectivity index (χ2n) is 6.52. The molecule has 1 heterocycles. The molecule has 116 valence electrons. The zero-order valence-electron chi connectivity index (χ0n) is 13.7. The average Bonchev–Trinajstić information content (AvgIpc) is 3.05. The van der Waals surface area contributed by atoms with Crippen molar-refractivity contribution >= 4 is 0 Å². The number of hydrogen-bond acceptors (Lipinski definition) is 2. The Morgan fingerprint density at radius 3 is 1.77 bits per heavy atom. The molecule has 0 aliphatic carbocycles. The molecule has 0 spiro atoms. The van der Waals surface area contributed by atoms with E-state index in [0.29, 0.717) is 6.04 Å².